The van der Waals surface area contributed by atoms with E-state index in [-0.39, 0.29) is 5.41 Å². The topological polar surface area (TPSA) is 6.48 Å². The van der Waals surface area contributed by atoms with Gasteiger partial charge in [0, 0.05) is 59.5 Å². The van der Waals surface area contributed by atoms with Crippen LogP contribution < -0.4 is 9.80 Å². The first kappa shape index (κ1) is 35.3. The number of rotatable bonds is 5. The molecule has 288 valence electrons. The van der Waals surface area contributed by atoms with Gasteiger partial charge in [0.25, 0.3) is 0 Å². The number of nitrogens with zero attached hydrogens (tertiary/aromatic N) is 2. The maximum atomic E-state index is 2.56. The quantitative estimate of drug-likeness (QED) is 0.171. The lowest BCUT2D eigenvalue weighted by molar-refractivity contribution is 0.648. The third kappa shape index (κ3) is 5.39. The molecule has 0 amide bonds. The molecule has 0 bridgehead atoms. The van der Waals surface area contributed by atoms with E-state index in [1.54, 1.807) is 0 Å². The van der Waals surface area contributed by atoms with Gasteiger partial charge in [0.1, 0.15) is 0 Å². The minimum absolute atomic E-state index is 0.0722. The highest BCUT2D eigenvalue weighted by atomic mass is 32.1. The summed E-state index contributed by atoms with van der Waals surface area (Å²) in [4.78, 5) is 5.08. The van der Waals surface area contributed by atoms with Crippen molar-refractivity contribution in [2.24, 2.45) is 0 Å². The normalized spacial score (nSPS) is 16.1. The zero-order valence-corrected chi connectivity index (χ0v) is 34.8. The van der Waals surface area contributed by atoms with E-state index in [4.69, 9.17) is 0 Å². The molecule has 0 spiro atoms. The molecular formula is C57H44N2S. The summed E-state index contributed by atoms with van der Waals surface area (Å²) in [7, 11) is 0. The molecule has 1 aromatic heterocycles. The summed E-state index contributed by atoms with van der Waals surface area (Å²) in [6.45, 7) is 4.81. The molecule has 0 saturated heterocycles. The van der Waals surface area contributed by atoms with E-state index in [9.17, 15) is 0 Å². The van der Waals surface area contributed by atoms with Gasteiger partial charge in [-0.3, -0.25) is 0 Å². The number of allylic oxidation sites excluding steroid dienone is 8. The highest BCUT2D eigenvalue weighted by Crippen LogP contribution is 2.54. The molecule has 2 nitrogen and oxygen atoms in total. The molecule has 4 aliphatic rings. The van der Waals surface area contributed by atoms with E-state index in [1.165, 1.54) is 110 Å². The molecule has 0 atom stereocenters. The van der Waals surface area contributed by atoms with Crippen molar-refractivity contribution in [3.05, 3.63) is 210 Å². The molecule has 0 N–H and O–H groups in total. The van der Waals surface area contributed by atoms with E-state index in [0.717, 1.165) is 25.7 Å². The van der Waals surface area contributed by atoms with Crippen molar-refractivity contribution in [1.29, 1.82) is 0 Å². The van der Waals surface area contributed by atoms with Gasteiger partial charge in [-0.05, 0) is 125 Å². The Bertz CT molecular complexity index is 3190. The Morgan fingerprint density at radius 2 is 1.25 bits per heavy atom. The van der Waals surface area contributed by atoms with E-state index in [1.807, 2.05) is 11.3 Å². The van der Waals surface area contributed by atoms with Crippen molar-refractivity contribution in [1.82, 2.24) is 0 Å². The van der Waals surface area contributed by atoms with Gasteiger partial charge in [-0.25, -0.2) is 0 Å². The van der Waals surface area contributed by atoms with E-state index in [2.05, 4.69) is 206 Å². The molecule has 60 heavy (non-hydrogen) atoms. The summed E-state index contributed by atoms with van der Waals surface area (Å²) >= 11 is 1.90. The molecule has 1 aliphatic heterocycles. The minimum Gasteiger partial charge on any atom is -0.314 e. The lowest BCUT2D eigenvalue weighted by Gasteiger charge is -2.34. The van der Waals surface area contributed by atoms with Crippen LogP contribution >= 0.6 is 11.3 Å². The first-order chi connectivity index (χ1) is 29.5. The summed E-state index contributed by atoms with van der Waals surface area (Å²) in [5.41, 5.74) is 20.8. The third-order valence-electron chi connectivity index (χ3n) is 13.4. The standard InChI is InChI=1S/C57H44N2S/c1-57(2)51-24-11-8-19-45(51)46-33-31-41(36-52(46)57)58(39-29-27-37(28-30-39)42-22-14-23-49-48-21-10-13-26-55(48)60-56(42)49)40-32-34-54-50(35-40)44-18-7-6-17-43(44)47-20-9-12-25-53(47)59(54)38-15-4-3-5-16-38/h3-4,6-15,17-30,32,34-36H,5,16,31,33H2,1-2H3. The van der Waals surface area contributed by atoms with Gasteiger partial charge in [-0.1, -0.05) is 141 Å². The first-order valence-electron chi connectivity index (χ1n) is 21.4. The molecule has 0 fully saturated rings. The van der Waals surface area contributed by atoms with E-state index < -0.39 is 0 Å². The Kier molecular flexibility index (Phi) is 8.05. The van der Waals surface area contributed by atoms with Crippen molar-refractivity contribution in [2.45, 2.75) is 44.9 Å². The monoisotopic (exact) mass is 788 g/mol. The minimum atomic E-state index is -0.0722. The second-order valence-corrected chi connectivity index (χ2v) is 18.1. The maximum absolute atomic E-state index is 2.56. The number of benzene rings is 7. The van der Waals surface area contributed by atoms with Crippen molar-refractivity contribution >= 4 is 59.8 Å². The van der Waals surface area contributed by atoms with Crippen LogP contribution in [0.15, 0.2) is 199 Å². The van der Waals surface area contributed by atoms with Crippen molar-refractivity contribution in [3.63, 3.8) is 0 Å². The number of fused-ring (bicyclic) bond motifs is 10. The lowest BCUT2D eigenvalue weighted by Crippen LogP contribution is -2.22. The van der Waals surface area contributed by atoms with Gasteiger partial charge in [0.15, 0.2) is 0 Å². The predicted octanol–water partition coefficient (Wildman–Crippen LogP) is 16.3. The van der Waals surface area contributed by atoms with Crippen molar-refractivity contribution in [2.75, 3.05) is 9.80 Å². The summed E-state index contributed by atoms with van der Waals surface area (Å²) in [6, 6.07) is 59.2. The molecule has 0 saturated carbocycles. The van der Waals surface area contributed by atoms with Crippen LogP contribution in [0.3, 0.4) is 0 Å². The van der Waals surface area contributed by atoms with E-state index >= 15 is 0 Å². The first-order valence-corrected chi connectivity index (χ1v) is 22.2. The fraction of sp³-hybridized carbons (Fsp3) is 0.123. The molecule has 7 aromatic carbocycles. The third-order valence-corrected chi connectivity index (χ3v) is 14.6. The summed E-state index contributed by atoms with van der Waals surface area (Å²) in [5.74, 6) is 0. The molecule has 8 aromatic rings. The highest BCUT2D eigenvalue weighted by molar-refractivity contribution is 7.26. The van der Waals surface area contributed by atoms with Gasteiger partial charge in [-0.2, -0.15) is 0 Å². The molecule has 12 rings (SSSR count). The number of hydrogen-bond acceptors (Lipinski definition) is 3. The second kappa shape index (κ2) is 13.7. The fourth-order valence-corrected chi connectivity index (χ4v) is 11.8. The SMILES string of the molecule is CC1(C)C2=C(CCC(N(c3ccc(-c4cccc5c4sc4ccccc45)cc3)c3ccc4c(c3)-c3ccccc3-c3ccccc3N4C3=CC=CCC3)=C2)c2ccccc21. The molecule has 3 heteroatoms. The van der Waals surface area contributed by atoms with Crippen LogP contribution in [0, 0.1) is 0 Å². The number of para-hydroxylation sites is 1. The van der Waals surface area contributed by atoms with Gasteiger partial charge < -0.3 is 9.80 Å². The largest absolute Gasteiger partial charge is 0.314 e. The Balaban J connectivity index is 1.05. The van der Waals surface area contributed by atoms with Crippen molar-refractivity contribution < 1.29 is 0 Å². The smallest absolute Gasteiger partial charge is 0.0538 e. The Hall–Kier alpha value is -6.68. The predicted molar refractivity (Wildman–Crippen MR) is 257 cm³/mol. The Morgan fingerprint density at radius 1 is 0.567 bits per heavy atom. The van der Waals surface area contributed by atoms with Crippen LogP contribution in [0.5, 0.6) is 0 Å². The lowest BCUT2D eigenvalue weighted by atomic mass is 9.79. The van der Waals surface area contributed by atoms with Crippen LogP contribution in [0.4, 0.5) is 22.7 Å². The van der Waals surface area contributed by atoms with Crippen LogP contribution in [0.25, 0.3) is 59.1 Å². The Morgan fingerprint density at radius 3 is 2.08 bits per heavy atom. The number of thiophene rings is 1. The summed E-state index contributed by atoms with van der Waals surface area (Å²) < 4.78 is 2.68. The molecule has 3 aliphatic carbocycles. The average Bonchev–Trinajstić information content (AvgIpc) is 3.75. The zero-order valence-electron chi connectivity index (χ0n) is 34.0. The van der Waals surface area contributed by atoms with Gasteiger partial charge in [0.2, 0.25) is 0 Å². The molecule has 2 heterocycles. The van der Waals surface area contributed by atoms with Crippen LogP contribution in [0.1, 0.15) is 50.7 Å². The summed E-state index contributed by atoms with van der Waals surface area (Å²) in [5, 5.41) is 2.66. The maximum Gasteiger partial charge on any atom is 0.0538 e. The number of anilines is 4. The fourth-order valence-electron chi connectivity index (χ4n) is 10.5. The van der Waals surface area contributed by atoms with Gasteiger partial charge in [-0.15, -0.1) is 11.3 Å². The highest BCUT2D eigenvalue weighted by Gasteiger charge is 2.39. The summed E-state index contributed by atoms with van der Waals surface area (Å²) in [6.07, 6.45) is 13.4. The van der Waals surface area contributed by atoms with Crippen LogP contribution in [0.2, 0.25) is 0 Å². The van der Waals surface area contributed by atoms with Crippen LogP contribution in [-0.2, 0) is 5.41 Å². The van der Waals surface area contributed by atoms with Gasteiger partial charge >= 0.3 is 0 Å². The van der Waals surface area contributed by atoms with E-state index in [0.29, 0.717) is 0 Å². The van der Waals surface area contributed by atoms with Crippen LogP contribution in [-0.4, -0.2) is 0 Å². The Labute approximate surface area is 356 Å². The number of hydrogen-bond donors (Lipinski definition) is 0. The van der Waals surface area contributed by atoms with Crippen molar-refractivity contribution in [3.8, 4) is 33.4 Å². The average molecular weight is 789 g/mol. The molecule has 0 unspecified atom stereocenters. The molecule has 0 radical (unpaired) electrons. The second-order valence-electron chi connectivity index (χ2n) is 17.1. The van der Waals surface area contributed by atoms with Gasteiger partial charge in [0.05, 0.1) is 11.4 Å². The zero-order chi connectivity index (χ0) is 40.0. The molecular weight excluding hydrogens is 745 g/mol.